The Labute approximate surface area is 188 Å². The van der Waals surface area contributed by atoms with Gasteiger partial charge in [0.1, 0.15) is 0 Å². The average molecular weight is 466 g/mol. The lowest BCUT2D eigenvalue weighted by molar-refractivity contribution is -0.138. The standard InChI is InChI=1S/C21H25F3N6O3/c1-13(28-17-11-27-29-20(32)14(17)2)12-33-8-5-18(31)30-6-3-15(4-7-30)19-25-9-16(10-26-19)21(22,23)24/h3,9-11,13H,4-8,12H2,1-2H3,(H2,28,29,32)/t13-/m0/s1. The first kappa shape index (κ1) is 24.4. The van der Waals surface area contributed by atoms with Gasteiger partial charge >= 0.3 is 6.18 Å². The molecule has 33 heavy (non-hydrogen) atoms. The molecule has 0 saturated carbocycles. The van der Waals surface area contributed by atoms with E-state index in [-0.39, 0.29) is 36.4 Å². The van der Waals surface area contributed by atoms with Crippen LogP contribution in [0.3, 0.4) is 0 Å². The molecule has 0 spiro atoms. The molecular weight excluding hydrogens is 441 g/mol. The molecule has 1 aliphatic rings. The third-order valence-electron chi connectivity index (χ3n) is 5.16. The first-order valence-corrected chi connectivity index (χ1v) is 10.4. The SMILES string of the molecule is Cc1c(N[C@@H](C)COCCC(=O)N2CC=C(c3ncc(C(F)(F)F)cn3)CC2)cn[nH]c1=O. The summed E-state index contributed by atoms with van der Waals surface area (Å²) in [4.78, 5) is 33.3. The highest BCUT2D eigenvalue weighted by Gasteiger charge is 2.31. The molecule has 0 fully saturated rings. The normalized spacial score (nSPS) is 15.2. The van der Waals surface area contributed by atoms with Crippen molar-refractivity contribution in [2.75, 3.05) is 31.6 Å². The molecule has 2 aromatic rings. The maximum atomic E-state index is 12.6. The van der Waals surface area contributed by atoms with Crippen LogP contribution in [0.5, 0.6) is 0 Å². The summed E-state index contributed by atoms with van der Waals surface area (Å²) in [6.07, 6.45) is 1.01. The predicted molar refractivity (Wildman–Crippen MR) is 114 cm³/mol. The number of carbonyl (C=O) groups excluding carboxylic acids is 1. The van der Waals surface area contributed by atoms with Gasteiger partial charge in [0.2, 0.25) is 5.91 Å². The second kappa shape index (κ2) is 10.6. The van der Waals surface area contributed by atoms with Crippen LogP contribution in [0.25, 0.3) is 5.57 Å². The van der Waals surface area contributed by atoms with E-state index in [0.29, 0.717) is 42.9 Å². The fourth-order valence-electron chi connectivity index (χ4n) is 3.23. The molecule has 1 aliphatic heterocycles. The summed E-state index contributed by atoms with van der Waals surface area (Å²) in [6.45, 7) is 4.94. The maximum absolute atomic E-state index is 12.6. The van der Waals surface area contributed by atoms with Crippen molar-refractivity contribution in [3.63, 3.8) is 0 Å². The fourth-order valence-corrected chi connectivity index (χ4v) is 3.23. The number of halogens is 3. The van der Waals surface area contributed by atoms with E-state index < -0.39 is 11.7 Å². The highest BCUT2D eigenvalue weighted by Crippen LogP contribution is 2.28. The van der Waals surface area contributed by atoms with Gasteiger partial charge in [-0.25, -0.2) is 15.1 Å². The Bertz CT molecular complexity index is 1050. The van der Waals surface area contributed by atoms with Gasteiger partial charge in [-0.1, -0.05) is 6.08 Å². The molecule has 0 unspecified atom stereocenters. The first-order chi connectivity index (χ1) is 15.6. The van der Waals surface area contributed by atoms with Gasteiger partial charge in [0.15, 0.2) is 5.82 Å². The van der Waals surface area contributed by atoms with Crippen LogP contribution >= 0.6 is 0 Å². The fraction of sp³-hybridized carbons (Fsp3) is 0.476. The number of hydrogen-bond acceptors (Lipinski definition) is 7. The quantitative estimate of drug-likeness (QED) is 0.575. The van der Waals surface area contributed by atoms with Gasteiger partial charge in [-0.3, -0.25) is 9.59 Å². The number of carbonyl (C=O) groups is 1. The molecule has 0 aliphatic carbocycles. The Balaban J connectivity index is 1.40. The molecule has 0 bridgehead atoms. The molecule has 1 amide bonds. The van der Waals surface area contributed by atoms with Crippen LogP contribution < -0.4 is 10.9 Å². The Morgan fingerprint density at radius 2 is 2.03 bits per heavy atom. The molecule has 0 radical (unpaired) electrons. The van der Waals surface area contributed by atoms with E-state index in [0.717, 1.165) is 12.4 Å². The minimum atomic E-state index is -4.48. The number of aromatic nitrogens is 4. The number of H-pyrrole nitrogens is 1. The van der Waals surface area contributed by atoms with Crippen LogP contribution in [0, 0.1) is 6.92 Å². The van der Waals surface area contributed by atoms with Gasteiger partial charge in [0.05, 0.1) is 37.1 Å². The molecule has 1 atom stereocenters. The van der Waals surface area contributed by atoms with Gasteiger partial charge < -0.3 is 15.0 Å². The van der Waals surface area contributed by atoms with Gasteiger partial charge in [-0.05, 0) is 25.8 Å². The van der Waals surface area contributed by atoms with Crippen molar-refractivity contribution in [1.82, 2.24) is 25.1 Å². The highest BCUT2D eigenvalue weighted by atomic mass is 19.4. The van der Waals surface area contributed by atoms with Crippen LogP contribution in [0.15, 0.2) is 29.5 Å². The minimum Gasteiger partial charge on any atom is -0.379 e. The maximum Gasteiger partial charge on any atom is 0.419 e. The molecule has 2 aromatic heterocycles. The Kier molecular flexibility index (Phi) is 7.79. The van der Waals surface area contributed by atoms with E-state index >= 15 is 0 Å². The Morgan fingerprint density at radius 3 is 2.67 bits per heavy atom. The summed E-state index contributed by atoms with van der Waals surface area (Å²) < 4.78 is 43.5. The Hall–Kier alpha value is -3.28. The molecular formula is C21H25F3N6O3. The van der Waals surface area contributed by atoms with Gasteiger partial charge in [0, 0.05) is 37.1 Å². The number of amides is 1. The lowest BCUT2D eigenvalue weighted by Crippen LogP contribution is -2.35. The average Bonchev–Trinajstić information content (AvgIpc) is 2.79. The van der Waals surface area contributed by atoms with Crippen molar-refractivity contribution >= 4 is 17.2 Å². The van der Waals surface area contributed by atoms with Gasteiger partial charge in [-0.2, -0.15) is 18.3 Å². The van der Waals surface area contributed by atoms with Crippen molar-refractivity contribution < 1.29 is 22.7 Å². The summed E-state index contributed by atoms with van der Waals surface area (Å²) in [6, 6.07) is -0.0911. The zero-order valence-corrected chi connectivity index (χ0v) is 18.3. The van der Waals surface area contributed by atoms with E-state index in [9.17, 15) is 22.8 Å². The number of hydrogen-bond donors (Lipinski definition) is 2. The van der Waals surface area contributed by atoms with Gasteiger partial charge in [0.25, 0.3) is 5.56 Å². The zero-order chi connectivity index (χ0) is 24.0. The summed E-state index contributed by atoms with van der Waals surface area (Å²) in [5.41, 5.74) is 0.717. The molecule has 12 heteroatoms. The number of rotatable bonds is 8. The largest absolute Gasteiger partial charge is 0.419 e. The Morgan fingerprint density at radius 1 is 1.30 bits per heavy atom. The molecule has 0 saturated heterocycles. The van der Waals surface area contributed by atoms with Crippen LogP contribution in [0.2, 0.25) is 0 Å². The second-order valence-corrected chi connectivity index (χ2v) is 7.72. The van der Waals surface area contributed by atoms with Crippen LogP contribution in [0.4, 0.5) is 18.9 Å². The lowest BCUT2D eigenvalue weighted by atomic mass is 10.1. The van der Waals surface area contributed by atoms with E-state index in [1.54, 1.807) is 17.9 Å². The summed E-state index contributed by atoms with van der Waals surface area (Å²) in [7, 11) is 0. The lowest BCUT2D eigenvalue weighted by Gasteiger charge is -2.26. The second-order valence-electron chi connectivity index (χ2n) is 7.72. The van der Waals surface area contributed by atoms with E-state index in [1.165, 1.54) is 6.20 Å². The van der Waals surface area contributed by atoms with Crippen molar-refractivity contribution in [3.05, 3.63) is 52.0 Å². The predicted octanol–water partition coefficient (Wildman–Crippen LogP) is 2.41. The van der Waals surface area contributed by atoms with Crippen molar-refractivity contribution in [2.24, 2.45) is 0 Å². The number of ether oxygens (including phenoxy) is 1. The van der Waals surface area contributed by atoms with E-state index in [2.05, 4.69) is 25.5 Å². The molecule has 2 N–H and O–H groups in total. The number of alkyl halides is 3. The monoisotopic (exact) mass is 466 g/mol. The molecule has 178 valence electrons. The van der Waals surface area contributed by atoms with Crippen LogP contribution in [-0.4, -0.2) is 63.3 Å². The van der Waals surface area contributed by atoms with Crippen molar-refractivity contribution in [3.8, 4) is 0 Å². The number of aromatic amines is 1. The van der Waals surface area contributed by atoms with E-state index in [4.69, 9.17) is 4.74 Å². The summed E-state index contributed by atoms with van der Waals surface area (Å²) in [5, 5.41) is 9.27. The third kappa shape index (κ3) is 6.60. The van der Waals surface area contributed by atoms with Crippen LogP contribution in [-0.2, 0) is 15.7 Å². The first-order valence-electron chi connectivity index (χ1n) is 10.4. The van der Waals surface area contributed by atoms with Gasteiger partial charge in [-0.15, -0.1) is 0 Å². The molecule has 3 rings (SSSR count). The smallest absolute Gasteiger partial charge is 0.379 e. The molecule has 0 aromatic carbocycles. The van der Waals surface area contributed by atoms with Crippen molar-refractivity contribution in [1.29, 1.82) is 0 Å². The number of anilines is 1. The number of nitrogens with zero attached hydrogens (tertiary/aromatic N) is 4. The number of nitrogens with one attached hydrogen (secondary N) is 2. The van der Waals surface area contributed by atoms with Crippen molar-refractivity contribution in [2.45, 2.75) is 38.9 Å². The van der Waals surface area contributed by atoms with Crippen LogP contribution in [0.1, 0.15) is 36.7 Å². The molecule has 9 nitrogen and oxygen atoms in total. The molecule has 3 heterocycles. The highest BCUT2D eigenvalue weighted by molar-refractivity contribution is 5.77. The zero-order valence-electron chi connectivity index (χ0n) is 18.3. The third-order valence-corrected chi connectivity index (χ3v) is 5.16. The summed E-state index contributed by atoms with van der Waals surface area (Å²) >= 11 is 0. The van der Waals surface area contributed by atoms with E-state index in [1.807, 2.05) is 6.92 Å². The minimum absolute atomic E-state index is 0.0751. The summed E-state index contributed by atoms with van der Waals surface area (Å²) in [5.74, 6) is 0.166. The topological polar surface area (TPSA) is 113 Å².